The second-order valence-corrected chi connectivity index (χ2v) is 8.69. The molecule has 0 saturated heterocycles. The topological polar surface area (TPSA) is 81.1 Å². The highest BCUT2D eigenvalue weighted by Crippen LogP contribution is 2.40. The number of primary amides is 1. The second kappa shape index (κ2) is 9.03. The molecule has 0 spiro atoms. The molecule has 0 fully saturated rings. The Kier molecular flexibility index (Phi) is 6.67. The van der Waals surface area contributed by atoms with Gasteiger partial charge >= 0.3 is 0 Å². The maximum Gasteiger partial charge on any atom is 0.250 e. The average molecular weight is 430 g/mol. The summed E-state index contributed by atoms with van der Waals surface area (Å²) in [5, 5.41) is 11.0. The van der Waals surface area contributed by atoms with E-state index in [4.69, 9.17) is 17.3 Å². The van der Waals surface area contributed by atoms with Gasteiger partial charge in [0.05, 0.1) is 17.2 Å². The van der Waals surface area contributed by atoms with Crippen molar-refractivity contribution in [3.05, 3.63) is 75.7 Å². The standard InChI is InChI=1S/C22H24ClN3O2S/c1-13(2)19-20(21(24)28)14(3)26(11-15-4-6-25-7-5-15)22(19)29-18-9-16(12-27)8-17(23)10-18/h4-10,13,27H,11-12H2,1-3H3,(H2,24,28). The van der Waals surface area contributed by atoms with Crippen LogP contribution in [0.3, 0.4) is 0 Å². The van der Waals surface area contributed by atoms with E-state index in [1.54, 1.807) is 18.5 Å². The summed E-state index contributed by atoms with van der Waals surface area (Å²) in [4.78, 5) is 17.3. The average Bonchev–Trinajstić information content (AvgIpc) is 2.94. The molecule has 2 aromatic heterocycles. The minimum atomic E-state index is -0.427. The first-order chi connectivity index (χ1) is 13.8. The van der Waals surface area contributed by atoms with Crippen molar-refractivity contribution in [3.63, 3.8) is 0 Å². The van der Waals surface area contributed by atoms with Gasteiger partial charge in [-0.25, -0.2) is 0 Å². The molecular weight excluding hydrogens is 406 g/mol. The number of benzene rings is 1. The Bertz CT molecular complexity index is 1030. The van der Waals surface area contributed by atoms with Crippen molar-refractivity contribution >= 4 is 29.3 Å². The Morgan fingerprint density at radius 3 is 2.52 bits per heavy atom. The Morgan fingerprint density at radius 2 is 1.93 bits per heavy atom. The molecule has 0 unspecified atom stereocenters. The van der Waals surface area contributed by atoms with E-state index in [2.05, 4.69) is 23.4 Å². The molecule has 0 radical (unpaired) electrons. The molecule has 3 aromatic rings. The number of rotatable bonds is 7. The Morgan fingerprint density at radius 1 is 1.24 bits per heavy atom. The lowest BCUT2D eigenvalue weighted by molar-refractivity contribution is 0.0998. The van der Waals surface area contributed by atoms with Crippen LogP contribution in [-0.4, -0.2) is 20.6 Å². The number of aliphatic hydroxyl groups excluding tert-OH is 1. The Balaban J connectivity index is 2.18. The van der Waals surface area contributed by atoms with Crippen LogP contribution in [0.2, 0.25) is 5.02 Å². The maximum absolute atomic E-state index is 12.3. The molecule has 0 bridgehead atoms. The number of nitrogens with zero attached hydrogens (tertiary/aromatic N) is 2. The third-order valence-corrected chi connectivity index (χ3v) is 6.08. The molecule has 7 heteroatoms. The van der Waals surface area contributed by atoms with Gasteiger partial charge in [0, 0.05) is 34.6 Å². The number of carbonyl (C=O) groups excluding carboxylic acids is 1. The van der Waals surface area contributed by atoms with Crippen LogP contribution in [0, 0.1) is 6.92 Å². The third-order valence-electron chi connectivity index (χ3n) is 4.75. The first-order valence-corrected chi connectivity index (χ1v) is 10.5. The van der Waals surface area contributed by atoms with Crippen molar-refractivity contribution in [3.8, 4) is 0 Å². The summed E-state index contributed by atoms with van der Waals surface area (Å²) in [6, 6.07) is 9.42. The van der Waals surface area contributed by atoms with Gasteiger partial charge in [-0.3, -0.25) is 9.78 Å². The van der Waals surface area contributed by atoms with E-state index < -0.39 is 5.91 Å². The molecule has 3 rings (SSSR count). The number of aliphatic hydroxyl groups is 1. The first kappa shape index (κ1) is 21.4. The van der Waals surface area contributed by atoms with Gasteiger partial charge in [0.1, 0.15) is 0 Å². The summed E-state index contributed by atoms with van der Waals surface area (Å²) >= 11 is 7.77. The molecule has 5 nitrogen and oxygen atoms in total. The van der Waals surface area contributed by atoms with E-state index in [9.17, 15) is 9.90 Å². The predicted molar refractivity (Wildman–Crippen MR) is 117 cm³/mol. The molecular formula is C22H24ClN3O2S. The highest BCUT2D eigenvalue weighted by atomic mass is 35.5. The predicted octanol–water partition coefficient (Wildman–Crippen LogP) is 4.76. The Labute approximate surface area is 179 Å². The number of hydrogen-bond acceptors (Lipinski definition) is 4. The van der Waals surface area contributed by atoms with Crippen LogP contribution in [0.4, 0.5) is 0 Å². The summed E-state index contributed by atoms with van der Waals surface area (Å²) in [5.41, 5.74) is 9.92. The molecule has 0 atom stereocenters. The second-order valence-electron chi connectivity index (χ2n) is 7.20. The number of carbonyl (C=O) groups is 1. The van der Waals surface area contributed by atoms with Crippen molar-refractivity contribution in [2.24, 2.45) is 5.73 Å². The summed E-state index contributed by atoms with van der Waals surface area (Å²) in [6.45, 7) is 6.54. The van der Waals surface area contributed by atoms with Crippen molar-refractivity contribution in [2.75, 3.05) is 0 Å². The van der Waals surface area contributed by atoms with E-state index in [1.165, 1.54) is 11.8 Å². The summed E-state index contributed by atoms with van der Waals surface area (Å²) < 4.78 is 2.12. The molecule has 0 aliphatic heterocycles. The van der Waals surface area contributed by atoms with E-state index in [-0.39, 0.29) is 12.5 Å². The maximum atomic E-state index is 12.3. The quantitative estimate of drug-likeness (QED) is 0.567. The normalized spacial score (nSPS) is 11.2. The van der Waals surface area contributed by atoms with Gasteiger partial charge in [0.15, 0.2) is 0 Å². The van der Waals surface area contributed by atoms with Gasteiger partial charge < -0.3 is 15.4 Å². The van der Waals surface area contributed by atoms with Crippen LogP contribution in [0.25, 0.3) is 0 Å². The Hall–Kier alpha value is -2.28. The lowest BCUT2D eigenvalue weighted by atomic mass is 10.0. The SMILES string of the molecule is Cc1c(C(N)=O)c(C(C)C)c(Sc2cc(Cl)cc(CO)c2)n1Cc1ccncc1. The molecule has 0 saturated carbocycles. The monoisotopic (exact) mass is 429 g/mol. The molecule has 3 N–H and O–H groups in total. The number of amides is 1. The van der Waals surface area contributed by atoms with Crippen molar-refractivity contribution in [1.82, 2.24) is 9.55 Å². The largest absolute Gasteiger partial charge is 0.392 e. The number of nitrogens with two attached hydrogens (primary N) is 1. The van der Waals surface area contributed by atoms with Crippen LogP contribution in [0.1, 0.15) is 52.5 Å². The number of hydrogen-bond donors (Lipinski definition) is 2. The van der Waals surface area contributed by atoms with Crippen LogP contribution in [-0.2, 0) is 13.2 Å². The minimum Gasteiger partial charge on any atom is -0.392 e. The van der Waals surface area contributed by atoms with Gasteiger partial charge in [0.2, 0.25) is 0 Å². The van der Waals surface area contributed by atoms with Gasteiger partial charge in [0.25, 0.3) is 5.91 Å². The molecule has 1 aromatic carbocycles. The van der Waals surface area contributed by atoms with Gasteiger partial charge in [-0.15, -0.1) is 0 Å². The van der Waals surface area contributed by atoms with Crippen LogP contribution in [0.15, 0.2) is 52.6 Å². The van der Waals surface area contributed by atoms with Crippen molar-refractivity contribution in [2.45, 2.75) is 49.8 Å². The lowest BCUT2D eigenvalue weighted by Gasteiger charge is -2.15. The number of pyridine rings is 1. The van der Waals surface area contributed by atoms with Gasteiger partial charge in [-0.05, 0) is 59.9 Å². The summed E-state index contributed by atoms with van der Waals surface area (Å²) in [7, 11) is 0. The molecule has 0 aliphatic carbocycles. The molecule has 1 amide bonds. The lowest BCUT2D eigenvalue weighted by Crippen LogP contribution is -2.14. The van der Waals surface area contributed by atoms with Crippen LogP contribution in [0.5, 0.6) is 0 Å². The zero-order valence-electron chi connectivity index (χ0n) is 16.6. The van der Waals surface area contributed by atoms with Gasteiger partial charge in [-0.2, -0.15) is 0 Å². The van der Waals surface area contributed by atoms with Crippen molar-refractivity contribution < 1.29 is 9.90 Å². The summed E-state index contributed by atoms with van der Waals surface area (Å²) in [5.74, 6) is -0.322. The zero-order chi connectivity index (χ0) is 21.1. The number of halogens is 1. The molecule has 2 heterocycles. The minimum absolute atomic E-state index is 0.0885. The summed E-state index contributed by atoms with van der Waals surface area (Å²) in [6.07, 6.45) is 3.51. The highest BCUT2D eigenvalue weighted by molar-refractivity contribution is 7.99. The molecule has 152 valence electrons. The van der Waals surface area contributed by atoms with E-state index in [0.717, 1.165) is 32.3 Å². The van der Waals surface area contributed by atoms with Crippen LogP contribution < -0.4 is 5.73 Å². The zero-order valence-corrected chi connectivity index (χ0v) is 18.2. The van der Waals surface area contributed by atoms with Crippen LogP contribution >= 0.6 is 23.4 Å². The molecule has 0 aliphatic rings. The van der Waals surface area contributed by atoms with Gasteiger partial charge in [-0.1, -0.05) is 37.2 Å². The third kappa shape index (κ3) is 4.66. The molecule has 29 heavy (non-hydrogen) atoms. The first-order valence-electron chi connectivity index (χ1n) is 9.31. The van der Waals surface area contributed by atoms with E-state index in [1.807, 2.05) is 31.2 Å². The van der Waals surface area contributed by atoms with Crippen molar-refractivity contribution in [1.29, 1.82) is 0 Å². The fourth-order valence-electron chi connectivity index (χ4n) is 3.43. The van der Waals surface area contributed by atoms with E-state index >= 15 is 0 Å². The fraction of sp³-hybridized carbons (Fsp3) is 0.273. The fourth-order valence-corrected chi connectivity index (χ4v) is 5.14. The highest BCUT2D eigenvalue weighted by Gasteiger charge is 2.26. The number of aromatic nitrogens is 2. The smallest absolute Gasteiger partial charge is 0.250 e. The van der Waals surface area contributed by atoms with E-state index in [0.29, 0.717) is 17.1 Å².